The standard InChI is InChI=1S/C22H32N4O3/c1-14(2)29-17-7-4-15(5-8-17)13-23-21(27)16-6-9-18-20(12-16)25(3)22(28)19-10-11-24-26(18)19/h4-5,7-8,14,16,18-20,24H,6,9-13H2,1-3H3,(H,23,27). The Morgan fingerprint density at radius 2 is 1.97 bits per heavy atom. The summed E-state index contributed by atoms with van der Waals surface area (Å²) in [6, 6.07) is 8.23. The van der Waals surface area contributed by atoms with Gasteiger partial charge in [0.15, 0.2) is 0 Å². The number of carbonyl (C=O) groups excluding carboxylic acids is 2. The van der Waals surface area contributed by atoms with E-state index in [1.807, 2.05) is 50.1 Å². The Hall–Kier alpha value is -2.12. The lowest BCUT2D eigenvalue weighted by Gasteiger charge is -2.50. The number of hydrogen-bond donors (Lipinski definition) is 2. The fraction of sp³-hybridized carbons (Fsp3) is 0.636. The van der Waals surface area contributed by atoms with Crippen LogP contribution in [0.2, 0.25) is 0 Å². The third-order valence-corrected chi connectivity index (χ3v) is 6.45. The Bertz CT molecular complexity index is 751. The first-order valence-electron chi connectivity index (χ1n) is 10.8. The molecule has 4 atom stereocenters. The molecule has 0 radical (unpaired) electrons. The lowest BCUT2D eigenvalue weighted by atomic mass is 9.79. The molecule has 3 aliphatic rings. The van der Waals surface area contributed by atoms with Crippen molar-refractivity contribution in [2.75, 3.05) is 13.6 Å². The van der Waals surface area contributed by atoms with E-state index in [4.69, 9.17) is 4.74 Å². The predicted octanol–water partition coefficient (Wildman–Crippen LogP) is 1.68. The zero-order valence-corrected chi connectivity index (χ0v) is 17.6. The molecule has 29 heavy (non-hydrogen) atoms. The average molecular weight is 401 g/mol. The molecule has 1 saturated carbocycles. The molecule has 2 aliphatic heterocycles. The van der Waals surface area contributed by atoms with Crippen LogP contribution in [0.4, 0.5) is 0 Å². The molecular weight excluding hydrogens is 368 g/mol. The molecule has 7 nitrogen and oxygen atoms in total. The molecule has 2 saturated heterocycles. The number of likely N-dealkylation sites (N-methyl/N-ethyl adjacent to an activating group) is 1. The van der Waals surface area contributed by atoms with E-state index in [1.54, 1.807) is 0 Å². The molecule has 2 amide bonds. The summed E-state index contributed by atoms with van der Waals surface area (Å²) in [5.74, 6) is 1.06. The zero-order chi connectivity index (χ0) is 20.5. The van der Waals surface area contributed by atoms with Crippen molar-refractivity contribution in [2.24, 2.45) is 5.92 Å². The van der Waals surface area contributed by atoms with Crippen LogP contribution >= 0.6 is 0 Å². The highest BCUT2D eigenvalue weighted by Crippen LogP contribution is 2.36. The van der Waals surface area contributed by atoms with Gasteiger partial charge in [-0.15, -0.1) is 0 Å². The number of rotatable bonds is 5. The minimum absolute atomic E-state index is 0.0331. The van der Waals surface area contributed by atoms with Crippen LogP contribution in [0.3, 0.4) is 0 Å². The molecule has 0 bridgehead atoms. The van der Waals surface area contributed by atoms with E-state index in [-0.39, 0.29) is 35.9 Å². The van der Waals surface area contributed by atoms with Gasteiger partial charge in [0, 0.05) is 38.1 Å². The monoisotopic (exact) mass is 400 g/mol. The maximum absolute atomic E-state index is 12.8. The molecule has 1 aliphatic carbocycles. The van der Waals surface area contributed by atoms with Crippen molar-refractivity contribution >= 4 is 11.8 Å². The molecule has 3 fully saturated rings. The Labute approximate surface area is 172 Å². The molecule has 1 aromatic rings. The van der Waals surface area contributed by atoms with Crippen LogP contribution in [0, 0.1) is 5.92 Å². The number of amides is 2. The van der Waals surface area contributed by atoms with Gasteiger partial charge >= 0.3 is 0 Å². The van der Waals surface area contributed by atoms with Crippen molar-refractivity contribution in [3.05, 3.63) is 29.8 Å². The first-order chi connectivity index (χ1) is 13.9. The van der Waals surface area contributed by atoms with E-state index < -0.39 is 0 Å². The summed E-state index contributed by atoms with van der Waals surface area (Å²) in [6.07, 6.45) is 3.54. The van der Waals surface area contributed by atoms with Crippen LogP contribution < -0.4 is 15.5 Å². The summed E-state index contributed by atoms with van der Waals surface area (Å²) in [6.45, 7) is 5.37. The molecule has 4 rings (SSSR count). The molecule has 7 heteroatoms. The topological polar surface area (TPSA) is 73.9 Å². The second-order valence-electron chi connectivity index (χ2n) is 8.74. The van der Waals surface area contributed by atoms with Gasteiger partial charge in [0.1, 0.15) is 11.8 Å². The molecule has 2 heterocycles. The first-order valence-corrected chi connectivity index (χ1v) is 10.8. The third-order valence-electron chi connectivity index (χ3n) is 6.45. The number of hydrogen-bond acceptors (Lipinski definition) is 5. The second-order valence-corrected chi connectivity index (χ2v) is 8.74. The molecule has 0 spiro atoms. The third kappa shape index (κ3) is 4.12. The Morgan fingerprint density at radius 1 is 1.21 bits per heavy atom. The van der Waals surface area contributed by atoms with Crippen molar-refractivity contribution in [1.29, 1.82) is 0 Å². The second kappa shape index (κ2) is 8.32. The quantitative estimate of drug-likeness (QED) is 0.787. The van der Waals surface area contributed by atoms with Gasteiger partial charge in [-0.05, 0) is 57.2 Å². The summed E-state index contributed by atoms with van der Waals surface area (Å²) in [4.78, 5) is 27.4. The van der Waals surface area contributed by atoms with Crippen molar-refractivity contribution in [3.63, 3.8) is 0 Å². The normalized spacial score (nSPS) is 29.5. The van der Waals surface area contributed by atoms with E-state index >= 15 is 0 Å². The molecule has 1 aromatic carbocycles. The number of benzene rings is 1. The molecule has 158 valence electrons. The maximum atomic E-state index is 12.8. The predicted molar refractivity (Wildman–Crippen MR) is 110 cm³/mol. The molecule has 0 aromatic heterocycles. The first kappa shape index (κ1) is 20.2. The average Bonchev–Trinajstić information content (AvgIpc) is 3.20. The van der Waals surface area contributed by atoms with Gasteiger partial charge in [-0.3, -0.25) is 15.0 Å². The number of fused-ring (bicyclic) bond motifs is 3. The van der Waals surface area contributed by atoms with Crippen LogP contribution in [-0.4, -0.2) is 59.5 Å². The van der Waals surface area contributed by atoms with Crippen molar-refractivity contribution in [1.82, 2.24) is 20.7 Å². The summed E-state index contributed by atoms with van der Waals surface area (Å²) >= 11 is 0. The Kier molecular flexibility index (Phi) is 5.79. The van der Waals surface area contributed by atoms with Gasteiger partial charge in [-0.25, -0.2) is 5.01 Å². The fourth-order valence-electron chi connectivity index (χ4n) is 4.97. The van der Waals surface area contributed by atoms with E-state index in [9.17, 15) is 9.59 Å². The largest absolute Gasteiger partial charge is 0.491 e. The number of ether oxygens (including phenoxy) is 1. The number of nitrogens with one attached hydrogen (secondary N) is 2. The lowest BCUT2D eigenvalue weighted by Crippen LogP contribution is -2.67. The highest BCUT2D eigenvalue weighted by molar-refractivity contribution is 5.84. The van der Waals surface area contributed by atoms with Crippen LogP contribution in [0.15, 0.2) is 24.3 Å². The highest BCUT2D eigenvalue weighted by atomic mass is 16.5. The summed E-state index contributed by atoms with van der Waals surface area (Å²) in [5.41, 5.74) is 4.44. The number of carbonyl (C=O) groups is 2. The van der Waals surface area contributed by atoms with E-state index in [1.165, 1.54) is 0 Å². The van der Waals surface area contributed by atoms with Gasteiger partial charge in [0.05, 0.1) is 6.10 Å². The van der Waals surface area contributed by atoms with Crippen molar-refractivity contribution in [2.45, 2.75) is 70.3 Å². The molecule has 4 unspecified atom stereocenters. The minimum atomic E-state index is -0.0470. The van der Waals surface area contributed by atoms with Crippen LogP contribution in [0.1, 0.15) is 45.1 Å². The summed E-state index contributed by atoms with van der Waals surface area (Å²) in [5, 5.41) is 5.25. The summed E-state index contributed by atoms with van der Waals surface area (Å²) in [7, 11) is 1.90. The smallest absolute Gasteiger partial charge is 0.241 e. The van der Waals surface area contributed by atoms with Gasteiger partial charge in [0.2, 0.25) is 11.8 Å². The highest BCUT2D eigenvalue weighted by Gasteiger charge is 2.50. The number of nitrogens with zero attached hydrogens (tertiary/aromatic N) is 2. The number of piperazine rings is 1. The van der Waals surface area contributed by atoms with Crippen molar-refractivity contribution < 1.29 is 14.3 Å². The Morgan fingerprint density at radius 3 is 2.69 bits per heavy atom. The van der Waals surface area contributed by atoms with E-state index in [0.29, 0.717) is 12.6 Å². The molecular formula is C22H32N4O3. The van der Waals surface area contributed by atoms with E-state index in [2.05, 4.69) is 15.8 Å². The van der Waals surface area contributed by atoms with Gasteiger partial charge in [-0.2, -0.15) is 0 Å². The zero-order valence-electron chi connectivity index (χ0n) is 17.6. The van der Waals surface area contributed by atoms with Gasteiger partial charge in [-0.1, -0.05) is 12.1 Å². The van der Waals surface area contributed by atoms with Crippen LogP contribution in [-0.2, 0) is 16.1 Å². The van der Waals surface area contributed by atoms with Crippen LogP contribution in [0.25, 0.3) is 0 Å². The lowest BCUT2D eigenvalue weighted by molar-refractivity contribution is -0.153. The maximum Gasteiger partial charge on any atom is 0.241 e. The Balaban J connectivity index is 1.33. The fourth-order valence-corrected chi connectivity index (χ4v) is 4.97. The molecule has 2 N–H and O–H groups in total. The van der Waals surface area contributed by atoms with Crippen molar-refractivity contribution in [3.8, 4) is 5.75 Å². The van der Waals surface area contributed by atoms with Gasteiger partial charge < -0.3 is 15.0 Å². The van der Waals surface area contributed by atoms with Crippen LogP contribution in [0.5, 0.6) is 5.75 Å². The number of hydrazine groups is 1. The van der Waals surface area contributed by atoms with Gasteiger partial charge in [0.25, 0.3) is 0 Å². The van der Waals surface area contributed by atoms with E-state index in [0.717, 1.165) is 43.5 Å². The SMILES string of the molecule is CC(C)Oc1ccc(CNC(=O)C2CCC3C(C2)N(C)C(=O)C2CCNN23)cc1. The summed E-state index contributed by atoms with van der Waals surface area (Å²) < 4.78 is 5.66. The minimum Gasteiger partial charge on any atom is -0.491 e.